The van der Waals surface area contributed by atoms with Crippen LogP contribution in [0.2, 0.25) is 0 Å². The number of carbonyl (C=O) groups is 2. The van der Waals surface area contributed by atoms with Gasteiger partial charge in [0.25, 0.3) is 5.91 Å². The van der Waals surface area contributed by atoms with Gasteiger partial charge in [-0.1, -0.05) is 0 Å². The molecular weight excluding hydrogens is 256 g/mol. The highest BCUT2D eigenvalue weighted by atomic mass is 16.1. The molecule has 20 heavy (non-hydrogen) atoms. The van der Waals surface area contributed by atoms with E-state index in [1.165, 1.54) is 6.20 Å². The predicted octanol–water partition coefficient (Wildman–Crippen LogP) is 1.79. The molecule has 3 rings (SSSR count). The number of aldehydes is 1. The van der Waals surface area contributed by atoms with E-state index < -0.39 is 0 Å². The van der Waals surface area contributed by atoms with Gasteiger partial charge in [0, 0.05) is 23.6 Å². The predicted molar refractivity (Wildman–Crippen MR) is 72.8 cm³/mol. The lowest BCUT2D eigenvalue weighted by Gasteiger charge is -2.04. The van der Waals surface area contributed by atoms with Crippen molar-refractivity contribution in [3.05, 3.63) is 60.2 Å². The third-order valence-corrected chi connectivity index (χ3v) is 2.87. The quantitative estimate of drug-likeness (QED) is 0.733. The molecule has 2 heterocycles. The Morgan fingerprint density at radius 1 is 1.20 bits per heavy atom. The fraction of sp³-hybridized carbons (Fsp3) is 0. The zero-order valence-electron chi connectivity index (χ0n) is 10.4. The highest BCUT2D eigenvalue weighted by molar-refractivity contribution is 6.08. The fourth-order valence-corrected chi connectivity index (χ4v) is 1.85. The first-order chi connectivity index (χ1) is 9.78. The number of fused-ring (bicyclic) bond motifs is 1. The molecule has 6 heteroatoms. The molecule has 98 valence electrons. The largest absolute Gasteiger partial charge is 0.322 e. The van der Waals surface area contributed by atoms with Gasteiger partial charge in [-0.2, -0.15) is 5.10 Å². The van der Waals surface area contributed by atoms with E-state index in [9.17, 15) is 9.59 Å². The van der Waals surface area contributed by atoms with E-state index in [4.69, 9.17) is 0 Å². The van der Waals surface area contributed by atoms with Gasteiger partial charge in [0.2, 0.25) is 0 Å². The number of anilines is 1. The average Bonchev–Trinajstić information content (AvgIpc) is 2.92. The van der Waals surface area contributed by atoms with E-state index in [0.29, 0.717) is 22.3 Å². The van der Waals surface area contributed by atoms with Gasteiger partial charge in [0.15, 0.2) is 0 Å². The number of nitrogens with one attached hydrogen (secondary N) is 1. The molecule has 0 atom stereocenters. The molecule has 0 fully saturated rings. The van der Waals surface area contributed by atoms with E-state index in [0.717, 1.165) is 6.29 Å². The Morgan fingerprint density at radius 3 is 2.75 bits per heavy atom. The number of hydrogen-bond donors (Lipinski definition) is 1. The number of hydrogen-bond acceptors (Lipinski definition) is 4. The minimum Gasteiger partial charge on any atom is -0.322 e. The topological polar surface area (TPSA) is 76.4 Å². The van der Waals surface area contributed by atoms with Crippen molar-refractivity contribution < 1.29 is 9.59 Å². The number of amides is 1. The van der Waals surface area contributed by atoms with Crippen molar-refractivity contribution in [2.24, 2.45) is 0 Å². The lowest BCUT2D eigenvalue weighted by atomic mass is 10.2. The molecule has 0 saturated carbocycles. The van der Waals surface area contributed by atoms with E-state index in [-0.39, 0.29) is 5.91 Å². The number of nitrogens with zero attached hydrogens (tertiary/aromatic N) is 3. The Morgan fingerprint density at radius 2 is 2.00 bits per heavy atom. The Kier molecular flexibility index (Phi) is 2.96. The molecule has 6 nitrogen and oxygen atoms in total. The van der Waals surface area contributed by atoms with Crippen LogP contribution in [0.3, 0.4) is 0 Å². The number of aromatic nitrogens is 3. The summed E-state index contributed by atoms with van der Waals surface area (Å²) >= 11 is 0. The molecule has 3 aromatic rings. The SMILES string of the molecule is O=Cc1ccc(NC(=O)c2cnn3ccncc23)cc1. The van der Waals surface area contributed by atoms with Crippen molar-refractivity contribution in [2.45, 2.75) is 0 Å². The van der Waals surface area contributed by atoms with Crippen molar-refractivity contribution >= 4 is 23.4 Å². The van der Waals surface area contributed by atoms with Crippen molar-refractivity contribution in [1.29, 1.82) is 0 Å². The molecular formula is C14H10N4O2. The van der Waals surface area contributed by atoms with Gasteiger partial charge in [-0.15, -0.1) is 0 Å². The lowest BCUT2D eigenvalue weighted by molar-refractivity contribution is 0.102. The van der Waals surface area contributed by atoms with Crippen molar-refractivity contribution in [3.8, 4) is 0 Å². The maximum atomic E-state index is 12.2. The molecule has 1 aromatic carbocycles. The monoisotopic (exact) mass is 266 g/mol. The van der Waals surface area contributed by atoms with Crippen LogP contribution in [0.4, 0.5) is 5.69 Å². The maximum absolute atomic E-state index is 12.2. The minimum absolute atomic E-state index is 0.271. The van der Waals surface area contributed by atoms with E-state index in [2.05, 4.69) is 15.4 Å². The van der Waals surface area contributed by atoms with Gasteiger partial charge in [0.05, 0.1) is 23.5 Å². The van der Waals surface area contributed by atoms with Crippen LogP contribution in [-0.4, -0.2) is 26.8 Å². The van der Waals surface area contributed by atoms with Crippen LogP contribution in [0.5, 0.6) is 0 Å². The summed E-state index contributed by atoms with van der Waals surface area (Å²) in [7, 11) is 0. The Labute approximate surface area is 114 Å². The minimum atomic E-state index is -0.271. The summed E-state index contributed by atoms with van der Waals surface area (Å²) in [6.45, 7) is 0. The zero-order valence-corrected chi connectivity index (χ0v) is 10.4. The smallest absolute Gasteiger partial charge is 0.259 e. The maximum Gasteiger partial charge on any atom is 0.259 e. The number of carbonyl (C=O) groups excluding carboxylic acids is 2. The molecule has 0 aliphatic carbocycles. The second-order valence-corrected chi connectivity index (χ2v) is 4.16. The fourth-order valence-electron chi connectivity index (χ4n) is 1.85. The van der Waals surface area contributed by atoms with Crippen LogP contribution in [0.1, 0.15) is 20.7 Å². The lowest BCUT2D eigenvalue weighted by Crippen LogP contribution is -2.11. The molecule has 0 unspecified atom stereocenters. The van der Waals surface area contributed by atoms with Gasteiger partial charge in [0.1, 0.15) is 6.29 Å². The Balaban J connectivity index is 1.87. The molecule has 0 saturated heterocycles. The van der Waals surface area contributed by atoms with Gasteiger partial charge in [-0.05, 0) is 24.3 Å². The van der Waals surface area contributed by atoms with Crippen molar-refractivity contribution in [2.75, 3.05) is 5.32 Å². The van der Waals surface area contributed by atoms with Gasteiger partial charge < -0.3 is 5.32 Å². The second kappa shape index (κ2) is 4.93. The highest BCUT2D eigenvalue weighted by Crippen LogP contribution is 2.13. The Hall–Kier alpha value is -3.02. The van der Waals surface area contributed by atoms with Crippen LogP contribution in [-0.2, 0) is 0 Å². The average molecular weight is 266 g/mol. The van der Waals surface area contributed by atoms with Crippen LogP contribution in [0, 0.1) is 0 Å². The zero-order chi connectivity index (χ0) is 13.9. The Bertz CT molecular complexity index is 777. The van der Waals surface area contributed by atoms with Gasteiger partial charge >= 0.3 is 0 Å². The summed E-state index contributed by atoms with van der Waals surface area (Å²) in [4.78, 5) is 26.7. The van der Waals surface area contributed by atoms with Crippen molar-refractivity contribution in [3.63, 3.8) is 0 Å². The summed E-state index contributed by atoms with van der Waals surface area (Å²) in [5.74, 6) is -0.271. The first-order valence-electron chi connectivity index (χ1n) is 5.92. The number of rotatable bonds is 3. The second-order valence-electron chi connectivity index (χ2n) is 4.16. The number of benzene rings is 1. The summed E-state index contributed by atoms with van der Waals surface area (Å²) in [6, 6.07) is 6.62. The van der Waals surface area contributed by atoms with Gasteiger partial charge in [-0.25, -0.2) is 4.52 Å². The summed E-state index contributed by atoms with van der Waals surface area (Å²) < 4.78 is 1.58. The molecule has 1 amide bonds. The summed E-state index contributed by atoms with van der Waals surface area (Å²) in [5.41, 5.74) is 2.25. The summed E-state index contributed by atoms with van der Waals surface area (Å²) in [5, 5.41) is 6.83. The molecule has 1 N–H and O–H groups in total. The first kappa shape index (κ1) is 12.0. The van der Waals surface area contributed by atoms with Crippen molar-refractivity contribution in [1.82, 2.24) is 14.6 Å². The van der Waals surface area contributed by atoms with Crippen LogP contribution in [0.15, 0.2) is 49.1 Å². The van der Waals surface area contributed by atoms with E-state index in [1.807, 2.05) is 0 Å². The third kappa shape index (κ3) is 2.14. The van der Waals surface area contributed by atoms with Crippen LogP contribution < -0.4 is 5.32 Å². The highest BCUT2D eigenvalue weighted by Gasteiger charge is 2.12. The van der Waals surface area contributed by atoms with Crippen LogP contribution in [0.25, 0.3) is 5.52 Å². The van der Waals surface area contributed by atoms with E-state index in [1.54, 1.807) is 47.4 Å². The third-order valence-electron chi connectivity index (χ3n) is 2.87. The standard InChI is InChI=1S/C14H10N4O2/c19-9-10-1-3-11(4-2-10)17-14(20)12-7-16-18-6-5-15-8-13(12)18/h1-9H,(H,17,20). The van der Waals surface area contributed by atoms with E-state index >= 15 is 0 Å². The molecule has 0 aliphatic rings. The summed E-state index contributed by atoms with van der Waals surface area (Å²) in [6.07, 6.45) is 7.09. The molecule has 0 bridgehead atoms. The molecule has 2 aromatic heterocycles. The molecule has 0 aliphatic heterocycles. The van der Waals surface area contributed by atoms with Gasteiger partial charge in [-0.3, -0.25) is 14.6 Å². The normalized spacial score (nSPS) is 10.4. The first-order valence-corrected chi connectivity index (χ1v) is 5.92. The van der Waals surface area contributed by atoms with Crippen LogP contribution >= 0.6 is 0 Å². The molecule has 0 spiro atoms. The molecule has 0 radical (unpaired) electrons.